The molecule has 0 saturated carbocycles. The molecule has 1 aliphatic rings. The van der Waals surface area contributed by atoms with Crippen LogP contribution in [0.4, 0.5) is 19.0 Å². The van der Waals surface area contributed by atoms with Crippen LogP contribution in [-0.4, -0.2) is 69.5 Å². The molecule has 1 aromatic heterocycles. The molecule has 3 N–H and O–H groups in total. The molecule has 13 nitrogen and oxygen atoms in total. The van der Waals surface area contributed by atoms with Crippen LogP contribution in [0.1, 0.15) is 35.5 Å². The molecule has 5 atom stereocenters. The molecule has 2 unspecified atom stereocenters. The van der Waals surface area contributed by atoms with E-state index in [4.69, 9.17) is 14.4 Å². The van der Waals surface area contributed by atoms with Crippen LogP contribution in [0.3, 0.4) is 0 Å². The molecule has 234 valence electrons. The first kappa shape index (κ1) is 34.6. The molecule has 0 bridgehead atoms. The number of carbonyl (C=O) groups excluding carboxylic acids is 2. The van der Waals surface area contributed by atoms with E-state index in [1.807, 2.05) is 6.26 Å². The molecule has 0 radical (unpaired) electrons. The smallest absolute Gasteiger partial charge is 0.471 e. The summed E-state index contributed by atoms with van der Waals surface area (Å²) in [5.74, 6) is 1.62. The van der Waals surface area contributed by atoms with Gasteiger partial charge in [-0.05, 0) is 25.3 Å². The minimum Gasteiger partial charge on any atom is -0.756 e. The van der Waals surface area contributed by atoms with Crippen LogP contribution in [0, 0.1) is 11.8 Å². The Morgan fingerprint density at radius 3 is 2.67 bits per heavy atom. The summed E-state index contributed by atoms with van der Waals surface area (Å²) in [7, 11) is -2.34. The Morgan fingerprint density at radius 1 is 1.35 bits per heavy atom. The molecule has 1 aromatic carbocycles. The summed E-state index contributed by atoms with van der Waals surface area (Å²) < 4.78 is 65.9. The minimum atomic E-state index is -5.12. The van der Waals surface area contributed by atoms with Crippen molar-refractivity contribution in [2.45, 2.75) is 43.4 Å². The average molecular weight is 666 g/mol. The van der Waals surface area contributed by atoms with Crippen molar-refractivity contribution in [2.75, 3.05) is 24.7 Å². The van der Waals surface area contributed by atoms with E-state index in [0.29, 0.717) is 0 Å². The van der Waals surface area contributed by atoms with Crippen LogP contribution >= 0.6 is 29.4 Å². The van der Waals surface area contributed by atoms with Gasteiger partial charge in [-0.3, -0.25) is 18.7 Å². The van der Waals surface area contributed by atoms with Crippen molar-refractivity contribution in [2.24, 2.45) is 0 Å². The van der Waals surface area contributed by atoms with Gasteiger partial charge in [0.05, 0.1) is 24.8 Å². The molecular formula is C24H25F3N4O9PS2-. The fraction of sp³-hybridized carbons (Fsp3) is 0.417. The molecule has 43 heavy (non-hydrogen) atoms. The summed E-state index contributed by atoms with van der Waals surface area (Å²) in [6.07, 6.45) is -5.13. The molecular weight excluding hydrogens is 640 g/mol. The Bertz CT molecular complexity index is 1460. The van der Waals surface area contributed by atoms with Gasteiger partial charge in [-0.25, -0.2) is 4.79 Å². The lowest BCUT2D eigenvalue weighted by Gasteiger charge is -2.24. The highest BCUT2D eigenvalue weighted by Crippen LogP contribution is 2.37. The molecule has 2 amide bonds. The number of rotatable bonds is 11. The van der Waals surface area contributed by atoms with Crippen molar-refractivity contribution in [1.29, 1.82) is 0 Å². The van der Waals surface area contributed by atoms with Crippen LogP contribution in [0.5, 0.6) is 0 Å². The number of halogens is 3. The molecule has 2 heterocycles. The highest BCUT2D eigenvalue weighted by molar-refractivity contribution is 8.76. The van der Waals surface area contributed by atoms with Crippen LogP contribution in [-0.2, 0) is 23.4 Å². The Labute approximate surface area is 250 Å². The number of phosphoric ester groups is 1. The van der Waals surface area contributed by atoms with Crippen molar-refractivity contribution in [1.82, 2.24) is 14.9 Å². The van der Waals surface area contributed by atoms with Gasteiger partial charge in [0.15, 0.2) is 5.82 Å². The van der Waals surface area contributed by atoms with Crippen molar-refractivity contribution < 1.29 is 51.1 Å². The van der Waals surface area contributed by atoms with E-state index in [9.17, 15) is 37.0 Å². The number of nitrogens with one attached hydrogen (secondary N) is 2. The first-order valence-corrected chi connectivity index (χ1v) is 16.3. The van der Waals surface area contributed by atoms with E-state index in [0.717, 1.165) is 10.8 Å². The summed E-state index contributed by atoms with van der Waals surface area (Å²) in [6.45, 7) is 0.383. The molecule has 1 fully saturated rings. The zero-order valence-electron chi connectivity index (χ0n) is 22.4. The third-order valence-corrected chi connectivity index (χ3v) is 7.97. The Balaban J connectivity index is 1.93. The second-order valence-electron chi connectivity index (χ2n) is 8.63. The van der Waals surface area contributed by atoms with Gasteiger partial charge < -0.3 is 34.4 Å². The van der Waals surface area contributed by atoms with Gasteiger partial charge in [0.2, 0.25) is 0 Å². The van der Waals surface area contributed by atoms with Crippen molar-refractivity contribution >= 4 is 47.0 Å². The fourth-order valence-corrected chi connectivity index (χ4v) is 5.48. The normalized spacial score (nSPS) is 20.4. The molecule has 2 aromatic rings. The summed E-state index contributed by atoms with van der Waals surface area (Å²) in [5, 5.41) is 4.02. The maximum Gasteiger partial charge on any atom is 0.471 e. The van der Waals surface area contributed by atoms with Crippen LogP contribution < -0.4 is 21.2 Å². The minimum absolute atomic E-state index is 0.00624. The van der Waals surface area contributed by atoms with E-state index >= 15 is 0 Å². The Kier molecular flexibility index (Phi) is 12.2. The molecule has 1 aliphatic heterocycles. The molecule has 1 saturated heterocycles. The van der Waals surface area contributed by atoms with E-state index < -0.39 is 68.5 Å². The number of amides is 2. The van der Waals surface area contributed by atoms with E-state index in [2.05, 4.69) is 26.7 Å². The number of nitrogens with zero attached hydrogens (tertiary/aromatic N) is 2. The first-order valence-electron chi connectivity index (χ1n) is 12.2. The van der Waals surface area contributed by atoms with Crippen molar-refractivity contribution in [3.8, 4) is 11.8 Å². The van der Waals surface area contributed by atoms with Gasteiger partial charge in [0.1, 0.15) is 17.8 Å². The first-order chi connectivity index (χ1) is 20.2. The maximum atomic E-state index is 13.1. The molecule has 0 spiro atoms. The second-order valence-corrected chi connectivity index (χ2v) is 12.6. The molecule has 19 heteroatoms. The Hall–Kier alpha value is -2.88. The Morgan fingerprint density at radius 2 is 2.05 bits per heavy atom. The summed E-state index contributed by atoms with van der Waals surface area (Å²) in [5.41, 5.74) is -1.22. The van der Waals surface area contributed by atoms with E-state index in [1.165, 1.54) is 33.7 Å². The number of phosphoric acid groups is 1. The largest absolute Gasteiger partial charge is 0.756 e. The summed E-state index contributed by atoms with van der Waals surface area (Å²) >= 11 is 0. The van der Waals surface area contributed by atoms with Crippen molar-refractivity contribution in [3.63, 3.8) is 0 Å². The zero-order valence-corrected chi connectivity index (χ0v) is 24.9. The second kappa shape index (κ2) is 15.2. The zero-order chi connectivity index (χ0) is 31.8. The van der Waals surface area contributed by atoms with Crippen molar-refractivity contribution in [3.05, 3.63) is 58.1 Å². The van der Waals surface area contributed by atoms with Gasteiger partial charge in [-0.2, -0.15) is 18.2 Å². The van der Waals surface area contributed by atoms with E-state index in [-0.39, 0.29) is 23.4 Å². The molecule has 0 aliphatic carbocycles. The maximum absolute atomic E-state index is 13.1. The number of anilines is 1. The van der Waals surface area contributed by atoms with Gasteiger partial charge in [0, 0.05) is 18.2 Å². The number of ether oxygens (including phenoxy) is 2. The van der Waals surface area contributed by atoms with E-state index in [1.54, 1.807) is 30.4 Å². The van der Waals surface area contributed by atoms with Crippen LogP contribution in [0.2, 0.25) is 0 Å². The topological polar surface area (TPSA) is 181 Å². The number of carbonyl (C=O) groups is 2. The third-order valence-electron chi connectivity index (χ3n) is 5.53. The predicted octanol–water partition coefficient (Wildman–Crippen LogP) is 2.03. The number of hydrogen-bond donors (Lipinski definition) is 3. The number of benzene rings is 1. The van der Waals surface area contributed by atoms with Crippen LogP contribution in [0.25, 0.3) is 0 Å². The van der Waals surface area contributed by atoms with Gasteiger partial charge in [-0.15, -0.1) is 0 Å². The number of hydrogen-bond acceptors (Lipinski definition) is 11. The lowest BCUT2D eigenvalue weighted by atomic mass is 10.2. The quantitative estimate of drug-likeness (QED) is 0.138. The van der Waals surface area contributed by atoms with Gasteiger partial charge in [0.25, 0.3) is 13.7 Å². The highest BCUT2D eigenvalue weighted by atomic mass is 33.1. The number of aromatic nitrogens is 2. The van der Waals surface area contributed by atoms with Gasteiger partial charge in [-0.1, -0.05) is 51.6 Å². The summed E-state index contributed by atoms with van der Waals surface area (Å²) in [6, 6.07) is 7.86. The van der Waals surface area contributed by atoms with Crippen LogP contribution in [0.15, 0.2) is 41.3 Å². The number of alkyl halides is 3. The third kappa shape index (κ3) is 10.7. The highest BCUT2D eigenvalue weighted by Gasteiger charge is 2.40. The lowest BCUT2D eigenvalue weighted by Crippen LogP contribution is -2.36. The lowest BCUT2D eigenvalue weighted by molar-refractivity contribution is -0.223. The monoisotopic (exact) mass is 665 g/mol. The van der Waals surface area contributed by atoms with Gasteiger partial charge >= 0.3 is 17.8 Å². The fourth-order valence-electron chi connectivity index (χ4n) is 3.73. The standard InChI is InChI=1S/C24H26F3N4O9PS2/c1-14(43-42-2)39-17-11-19(40-18(17)13-38-41(35,36)37)31-12-16(9-6-10-28-22(33)24(25,26)27)20(30-23(31)34)29-21(32)15-7-4-3-5-8-15/h3-5,7-8,12,14,17-19H,10-11,13H2,1-2H3,(H,28,33)(H2,35,36,37)(H,29,30,32,34)/p-1/t14-,17?,18-,19-/m1/s1. The SMILES string of the molecule is CSS[C@H](C)OC1C[C@H](n2cc(C#CCNC(=O)C(F)(F)F)c(NC(=O)c3ccccc3)nc2=O)O[C@@H]1COP(=O)([O-])O. The predicted molar refractivity (Wildman–Crippen MR) is 149 cm³/mol. The average Bonchev–Trinajstić information content (AvgIpc) is 3.32. The summed E-state index contributed by atoms with van der Waals surface area (Å²) in [4.78, 5) is 61.0. The molecule has 3 rings (SSSR count).